The molecular weight excluding hydrogens is 210 g/mol. The van der Waals surface area contributed by atoms with E-state index in [1.165, 1.54) is 18.4 Å². The van der Waals surface area contributed by atoms with E-state index >= 15 is 0 Å². The van der Waals surface area contributed by atoms with Gasteiger partial charge in [-0.2, -0.15) is 0 Å². The van der Waals surface area contributed by atoms with Gasteiger partial charge in [0.2, 0.25) is 0 Å². The molecule has 0 heterocycles. The average molecular weight is 233 g/mol. The minimum atomic E-state index is 0.373. The molecule has 1 saturated carbocycles. The number of nitrogens with one attached hydrogen (secondary N) is 1. The Balaban J connectivity index is 2.01. The van der Waals surface area contributed by atoms with Crippen LogP contribution in [0.1, 0.15) is 45.2 Å². The predicted octanol–water partition coefficient (Wildman–Crippen LogP) is 3.53. The van der Waals surface area contributed by atoms with Gasteiger partial charge in [0.15, 0.2) is 0 Å². The second kappa shape index (κ2) is 4.69. The quantitative estimate of drug-likeness (QED) is 0.840. The Morgan fingerprint density at radius 1 is 1.29 bits per heavy atom. The summed E-state index contributed by atoms with van der Waals surface area (Å²) in [6.45, 7) is 6.88. The molecule has 17 heavy (non-hydrogen) atoms. The van der Waals surface area contributed by atoms with E-state index in [2.05, 4.69) is 44.3 Å². The molecule has 0 saturated heterocycles. The second-order valence-corrected chi connectivity index (χ2v) is 5.54. The van der Waals surface area contributed by atoms with Crippen LogP contribution in [0.5, 0.6) is 5.75 Å². The molecule has 0 aliphatic heterocycles. The Kier molecular flexibility index (Phi) is 3.43. The van der Waals surface area contributed by atoms with Crippen molar-refractivity contribution in [1.29, 1.82) is 0 Å². The predicted molar refractivity (Wildman–Crippen MR) is 71.3 cm³/mol. The summed E-state index contributed by atoms with van der Waals surface area (Å²) in [6, 6.07) is 9.25. The van der Waals surface area contributed by atoms with Crippen molar-refractivity contribution >= 4 is 0 Å². The molecular formula is C15H23NO. The lowest BCUT2D eigenvalue weighted by Crippen LogP contribution is -2.35. The molecule has 2 heteroatoms. The molecule has 0 spiro atoms. The smallest absolute Gasteiger partial charge is 0.119 e. The van der Waals surface area contributed by atoms with Gasteiger partial charge >= 0.3 is 0 Å². The zero-order valence-electron chi connectivity index (χ0n) is 11.3. The average Bonchev–Trinajstić information content (AvgIpc) is 3.08. The van der Waals surface area contributed by atoms with E-state index in [9.17, 15) is 0 Å². The summed E-state index contributed by atoms with van der Waals surface area (Å²) in [5.41, 5.74) is 1.81. The molecule has 0 aromatic heterocycles. The normalized spacial score (nSPS) is 20.7. The molecule has 0 amide bonds. The number of hydrogen-bond donors (Lipinski definition) is 1. The molecule has 1 aromatic rings. The van der Waals surface area contributed by atoms with Crippen LogP contribution >= 0.6 is 0 Å². The SMILES string of the molecule is COc1cccc([C@H](C)NC(C)C2(C)CC2)c1. The van der Waals surface area contributed by atoms with E-state index in [1.54, 1.807) is 7.11 Å². The maximum absolute atomic E-state index is 5.26. The molecule has 2 atom stereocenters. The number of methoxy groups -OCH3 is 1. The van der Waals surface area contributed by atoms with Gasteiger partial charge in [-0.3, -0.25) is 0 Å². The minimum Gasteiger partial charge on any atom is -0.497 e. The lowest BCUT2D eigenvalue weighted by atomic mass is 9.98. The van der Waals surface area contributed by atoms with Gasteiger partial charge in [0.25, 0.3) is 0 Å². The Labute approximate surface area is 104 Å². The van der Waals surface area contributed by atoms with Crippen LogP contribution < -0.4 is 10.1 Å². The third-order valence-electron chi connectivity index (χ3n) is 4.18. The maximum atomic E-state index is 5.26. The first-order valence-electron chi connectivity index (χ1n) is 6.45. The fourth-order valence-electron chi connectivity index (χ4n) is 2.21. The summed E-state index contributed by atoms with van der Waals surface area (Å²) in [4.78, 5) is 0. The van der Waals surface area contributed by atoms with Crippen molar-refractivity contribution in [1.82, 2.24) is 5.32 Å². The zero-order chi connectivity index (χ0) is 12.5. The minimum absolute atomic E-state index is 0.373. The summed E-state index contributed by atoms with van der Waals surface area (Å²) in [5.74, 6) is 0.932. The monoisotopic (exact) mass is 233 g/mol. The molecule has 1 fully saturated rings. The van der Waals surface area contributed by atoms with E-state index in [0.717, 1.165) is 5.75 Å². The first-order valence-corrected chi connectivity index (χ1v) is 6.45. The van der Waals surface area contributed by atoms with E-state index in [-0.39, 0.29) is 0 Å². The van der Waals surface area contributed by atoms with E-state index < -0.39 is 0 Å². The summed E-state index contributed by atoms with van der Waals surface area (Å²) >= 11 is 0. The van der Waals surface area contributed by atoms with Crippen LogP contribution in [0.2, 0.25) is 0 Å². The third kappa shape index (κ3) is 2.81. The van der Waals surface area contributed by atoms with E-state index in [0.29, 0.717) is 17.5 Å². The summed E-state index contributed by atoms with van der Waals surface area (Å²) < 4.78 is 5.26. The van der Waals surface area contributed by atoms with Crippen molar-refractivity contribution in [3.8, 4) is 5.75 Å². The van der Waals surface area contributed by atoms with Crippen molar-refractivity contribution in [2.45, 2.75) is 45.7 Å². The maximum Gasteiger partial charge on any atom is 0.119 e. The highest BCUT2D eigenvalue weighted by molar-refractivity contribution is 5.30. The summed E-state index contributed by atoms with van der Waals surface area (Å²) in [5, 5.41) is 3.69. The van der Waals surface area contributed by atoms with Gasteiger partial charge in [-0.15, -0.1) is 0 Å². The van der Waals surface area contributed by atoms with E-state index in [4.69, 9.17) is 4.74 Å². The highest BCUT2D eigenvalue weighted by Gasteiger charge is 2.42. The van der Waals surface area contributed by atoms with Crippen LogP contribution in [-0.4, -0.2) is 13.2 Å². The number of ether oxygens (including phenoxy) is 1. The van der Waals surface area contributed by atoms with Gasteiger partial charge in [-0.25, -0.2) is 0 Å². The van der Waals surface area contributed by atoms with Crippen molar-refractivity contribution < 1.29 is 4.74 Å². The lowest BCUT2D eigenvalue weighted by Gasteiger charge is -2.25. The van der Waals surface area contributed by atoms with Gasteiger partial charge in [-0.05, 0) is 49.8 Å². The Hall–Kier alpha value is -1.02. The van der Waals surface area contributed by atoms with Crippen LogP contribution in [0.4, 0.5) is 0 Å². The standard InChI is InChI=1S/C15H23NO/c1-11(16-12(2)15(3)8-9-15)13-6-5-7-14(10-13)17-4/h5-7,10-12,16H,8-9H2,1-4H3/t11-,12?/m0/s1. The molecule has 0 bridgehead atoms. The Bertz CT molecular complexity index is 384. The van der Waals surface area contributed by atoms with Gasteiger partial charge in [0.1, 0.15) is 5.75 Å². The molecule has 1 N–H and O–H groups in total. The van der Waals surface area contributed by atoms with Crippen LogP contribution in [0.15, 0.2) is 24.3 Å². The van der Waals surface area contributed by atoms with E-state index in [1.807, 2.05) is 6.07 Å². The first kappa shape index (κ1) is 12.4. The zero-order valence-corrected chi connectivity index (χ0v) is 11.3. The fourth-order valence-corrected chi connectivity index (χ4v) is 2.21. The summed E-state index contributed by atoms with van der Waals surface area (Å²) in [7, 11) is 1.71. The van der Waals surface area contributed by atoms with Crippen LogP contribution in [0, 0.1) is 5.41 Å². The van der Waals surface area contributed by atoms with Gasteiger partial charge in [0, 0.05) is 12.1 Å². The second-order valence-electron chi connectivity index (χ2n) is 5.54. The van der Waals surface area contributed by atoms with Crippen molar-refractivity contribution in [2.75, 3.05) is 7.11 Å². The molecule has 0 radical (unpaired) electrons. The highest BCUT2D eigenvalue weighted by Crippen LogP contribution is 2.48. The molecule has 1 unspecified atom stereocenters. The number of rotatable bonds is 5. The number of benzene rings is 1. The van der Waals surface area contributed by atoms with Crippen molar-refractivity contribution in [3.63, 3.8) is 0 Å². The molecule has 1 aliphatic rings. The molecule has 1 aliphatic carbocycles. The van der Waals surface area contributed by atoms with Gasteiger partial charge in [0.05, 0.1) is 7.11 Å². The van der Waals surface area contributed by atoms with Crippen LogP contribution in [0.25, 0.3) is 0 Å². The van der Waals surface area contributed by atoms with Crippen molar-refractivity contribution in [2.24, 2.45) is 5.41 Å². The number of hydrogen-bond acceptors (Lipinski definition) is 2. The lowest BCUT2D eigenvalue weighted by molar-refractivity contribution is 0.349. The topological polar surface area (TPSA) is 21.3 Å². The van der Waals surface area contributed by atoms with Crippen LogP contribution in [-0.2, 0) is 0 Å². The largest absolute Gasteiger partial charge is 0.497 e. The highest BCUT2D eigenvalue weighted by atomic mass is 16.5. The Morgan fingerprint density at radius 3 is 2.59 bits per heavy atom. The third-order valence-corrected chi connectivity index (χ3v) is 4.18. The fraction of sp³-hybridized carbons (Fsp3) is 0.600. The summed E-state index contributed by atoms with van der Waals surface area (Å²) in [6.07, 6.45) is 2.71. The van der Waals surface area contributed by atoms with Gasteiger partial charge in [-0.1, -0.05) is 19.1 Å². The van der Waals surface area contributed by atoms with Crippen molar-refractivity contribution in [3.05, 3.63) is 29.8 Å². The first-order chi connectivity index (χ1) is 8.05. The Morgan fingerprint density at radius 2 is 2.00 bits per heavy atom. The molecule has 2 nitrogen and oxygen atoms in total. The van der Waals surface area contributed by atoms with Crippen LogP contribution in [0.3, 0.4) is 0 Å². The van der Waals surface area contributed by atoms with Gasteiger partial charge < -0.3 is 10.1 Å². The molecule has 94 valence electrons. The molecule has 2 rings (SSSR count). The molecule has 1 aromatic carbocycles.